The van der Waals surface area contributed by atoms with Crippen LogP contribution in [0, 0.1) is 17.1 Å². The molecule has 2 heterocycles. The second-order valence-corrected chi connectivity index (χ2v) is 8.92. The van der Waals surface area contributed by atoms with Crippen LogP contribution in [0.25, 0.3) is 11.1 Å². The molecule has 0 fully saturated rings. The highest BCUT2D eigenvalue weighted by Gasteiger charge is 2.32. The zero-order valence-corrected chi connectivity index (χ0v) is 17.5. The number of halogens is 1. The molecule has 0 spiro atoms. The summed E-state index contributed by atoms with van der Waals surface area (Å²) in [6.07, 6.45) is 1.62. The van der Waals surface area contributed by atoms with E-state index in [2.05, 4.69) is 16.0 Å². The van der Waals surface area contributed by atoms with Gasteiger partial charge in [0.15, 0.2) is 0 Å². The molecule has 0 radical (unpaired) electrons. The fraction of sp³-hybridized carbons (Fsp3) is 0.0909. The monoisotopic (exact) mass is 433 g/mol. The van der Waals surface area contributed by atoms with Crippen molar-refractivity contribution in [3.05, 3.63) is 71.5 Å². The summed E-state index contributed by atoms with van der Waals surface area (Å²) in [6.45, 7) is 0.255. The molecule has 1 N–H and O–H groups in total. The number of benzene rings is 3. The quantitative estimate of drug-likeness (QED) is 0.626. The first-order valence-corrected chi connectivity index (χ1v) is 10.9. The average molecular weight is 433 g/mol. The number of ether oxygens (including phenoxy) is 1. The summed E-state index contributed by atoms with van der Waals surface area (Å²) in [7, 11) is -0.168. The predicted molar refractivity (Wildman–Crippen MR) is 118 cm³/mol. The maximum atomic E-state index is 14.7. The van der Waals surface area contributed by atoms with Gasteiger partial charge in [-0.3, -0.25) is 5.01 Å². The molecule has 1 atom stereocenters. The maximum Gasteiger partial charge on any atom is 0.138 e. The molecule has 0 saturated heterocycles. The molecule has 1 unspecified atom stereocenters. The molecule has 5 rings (SSSR count). The number of phenolic OH excluding ortho intramolecular Hbond substituents is 1. The number of hydrogen-bond donors (Lipinski definition) is 1. The highest BCUT2D eigenvalue weighted by atomic mass is 31.1. The summed E-state index contributed by atoms with van der Waals surface area (Å²) in [4.78, 5) is 4.30. The van der Waals surface area contributed by atoms with Crippen molar-refractivity contribution >= 4 is 25.2 Å². The minimum Gasteiger partial charge on any atom is -0.508 e. The molecule has 2 aliphatic rings. The highest BCUT2D eigenvalue weighted by molar-refractivity contribution is 7.54. The van der Waals surface area contributed by atoms with E-state index in [0.717, 1.165) is 28.6 Å². The van der Waals surface area contributed by atoms with Crippen molar-refractivity contribution in [1.29, 1.82) is 5.26 Å². The number of hydrazine groups is 1. The van der Waals surface area contributed by atoms with E-state index in [1.54, 1.807) is 25.6 Å². The van der Waals surface area contributed by atoms with E-state index in [-0.39, 0.29) is 12.3 Å². The van der Waals surface area contributed by atoms with Crippen LogP contribution in [-0.2, 0) is 6.54 Å². The van der Waals surface area contributed by atoms with Crippen molar-refractivity contribution in [2.45, 2.75) is 6.54 Å². The van der Waals surface area contributed by atoms with Crippen LogP contribution < -0.4 is 15.1 Å². The number of nitrogens with zero attached hydrogens (tertiary/aromatic N) is 5. The van der Waals surface area contributed by atoms with Crippen molar-refractivity contribution in [2.75, 3.05) is 12.1 Å². The van der Waals surface area contributed by atoms with Gasteiger partial charge in [0.1, 0.15) is 31.5 Å². The van der Waals surface area contributed by atoms with Crippen molar-refractivity contribution in [3.8, 4) is 28.7 Å². The summed E-state index contributed by atoms with van der Waals surface area (Å²) in [5, 5.41) is 26.1. The Labute approximate surface area is 178 Å². The van der Waals surface area contributed by atoms with E-state index >= 15 is 0 Å². The third kappa shape index (κ3) is 3.20. The number of methoxy groups -OCH3 is 1. The van der Waals surface area contributed by atoms with Gasteiger partial charge in [-0.25, -0.2) is 9.17 Å². The largest absolute Gasteiger partial charge is 0.508 e. The first-order valence-electron chi connectivity index (χ1n) is 9.47. The van der Waals surface area contributed by atoms with Crippen LogP contribution in [0.1, 0.15) is 11.1 Å². The van der Waals surface area contributed by atoms with Crippen LogP contribution in [0.15, 0.2) is 64.6 Å². The third-order valence-electron chi connectivity index (χ3n) is 5.34. The second kappa shape index (κ2) is 7.46. The van der Waals surface area contributed by atoms with Gasteiger partial charge in [-0.05, 0) is 42.0 Å². The van der Waals surface area contributed by atoms with E-state index in [1.165, 1.54) is 0 Å². The normalized spacial score (nSPS) is 16.4. The number of aromatic hydroxyl groups is 1. The summed E-state index contributed by atoms with van der Waals surface area (Å²) in [6, 6.07) is 17.9. The first kappa shape index (κ1) is 19.2. The van der Waals surface area contributed by atoms with Crippen LogP contribution in [-0.4, -0.2) is 23.3 Å². The molecule has 3 aromatic rings. The molecule has 0 amide bonds. The number of nitriles is 1. The van der Waals surface area contributed by atoms with Crippen LogP contribution in [0.5, 0.6) is 11.5 Å². The SMILES string of the molecule is COc1ccc(-c2cc(N3Cc4c(F)cc(O)cc4[PH]4=NN=CN34)ccc2C#N)cc1. The van der Waals surface area contributed by atoms with Gasteiger partial charge in [-0.1, -0.05) is 12.1 Å². The zero-order valence-electron chi connectivity index (χ0n) is 16.5. The lowest BCUT2D eigenvalue weighted by Crippen LogP contribution is -2.42. The van der Waals surface area contributed by atoms with Crippen LogP contribution in [0.4, 0.5) is 10.1 Å². The van der Waals surface area contributed by atoms with Crippen LogP contribution in [0.3, 0.4) is 0 Å². The maximum absolute atomic E-state index is 14.7. The summed E-state index contributed by atoms with van der Waals surface area (Å²) >= 11 is 0. The fourth-order valence-corrected chi connectivity index (χ4v) is 5.74. The Hall–Kier alpha value is -3.82. The lowest BCUT2D eigenvalue weighted by atomic mass is 9.99. The van der Waals surface area contributed by atoms with Gasteiger partial charge >= 0.3 is 0 Å². The van der Waals surface area contributed by atoms with Gasteiger partial charge in [-0.2, -0.15) is 5.26 Å². The number of phenols is 1. The number of anilines is 1. The van der Waals surface area contributed by atoms with Gasteiger partial charge < -0.3 is 9.84 Å². The lowest BCUT2D eigenvalue weighted by Gasteiger charge is -2.39. The molecule has 154 valence electrons. The van der Waals surface area contributed by atoms with Crippen molar-refractivity contribution in [3.63, 3.8) is 0 Å². The highest BCUT2D eigenvalue weighted by Crippen LogP contribution is 2.44. The molecular formula is C22H17FN5O2P. The summed E-state index contributed by atoms with van der Waals surface area (Å²) in [5.74, 6) is 0.139. The number of rotatable bonds is 3. The average Bonchev–Trinajstić information content (AvgIpc) is 3.29. The molecule has 0 aromatic heterocycles. The van der Waals surface area contributed by atoms with Gasteiger partial charge in [0.25, 0.3) is 0 Å². The molecule has 0 bridgehead atoms. The number of hydrogen-bond acceptors (Lipinski definition) is 7. The van der Waals surface area contributed by atoms with E-state index in [4.69, 9.17) is 4.74 Å². The first-order chi connectivity index (χ1) is 15.1. The molecule has 7 nitrogen and oxygen atoms in total. The fourth-order valence-electron chi connectivity index (χ4n) is 3.81. The second-order valence-electron chi connectivity index (χ2n) is 7.08. The number of fused-ring (bicyclic) bond motifs is 3. The predicted octanol–water partition coefficient (Wildman–Crippen LogP) is 4.21. The Morgan fingerprint density at radius 2 is 1.97 bits per heavy atom. The van der Waals surface area contributed by atoms with Crippen molar-refractivity contribution < 1.29 is 14.2 Å². The van der Waals surface area contributed by atoms with Gasteiger partial charge in [0.2, 0.25) is 0 Å². The van der Waals surface area contributed by atoms with E-state index in [0.29, 0.717) is 16.4 Å². The Balaban J connectivity index is 1.61. The Kier molecular flexibility index (Phi) is 4.61. The van der Waals surface area contributed by atoms with Gasteiger partial charge in [-0.15, -0.1) is 9.96 Å². The smallest absolute Gasteiger partial charge is 0.138 e. The molecule has 31 heavy (non-hydrogen) atoms. The van der Waals surface area contributed by atoms with Crippen LogP contribution in [0.2, 0.25) is 0 Å². The molecule has 9 heteroatoms. The summed E-state index contributed by atoms with van der Waals surface area (Å²) < 4.78 is 21.8. The Bertz CT molecular complexity index is 1300. The van der Waals surface area contributed by atoms with E-state index < -0.39 is 13.7 Å². The third-order valence-corrected chi connectivity index (χ3v) is 7.37. The standard InChI is InChI=1S/C22H17FN5O2P/c1-30-18-6-3-14(4-7-18)19-8-16(5-2-15(19)11-24)27-12-20-21(23)9-17(29)10-22(20)31-26-25-13-28(27)31/h2-10,13,29,31H,12H2,1H3. The van der Waals surface area contributed by atoms with Crippen molar-refractivity contribution in [1.82, 2.24) is 4.78 Å². The molecule has 0 aliphatic carbocycles. The zero-order chi connectivity index (χ0) is 21.5. The molecule has 0 saturated carbocycles. The minimum atomic E-state index is -1.77. The Morgan fingerprint density at radius 1 is 1.16 bits per heavy atom. The molecule has 2 aliphatic heterocycles. The van der Waals surface area contributed by atoms with Gasteiger partial charge in [0, 0.05) is 22.5 Å². The van der Waals surface area contributed by atoms with Crippen LogP contribution >= 0.6 is 7.86 Å². The molecular weight excluding hydrogens is 416 g/mol. The van der Waals surface area contributed by atoms with Gasteiger partial charge in [0.05, 0.1) is 31.0 Å². The summed E-state index contributed by atoms with van der Waals surface area (Å²) in [5.41, 5.74) is 3.45. The minimum absolute atomic E-state index is 0.121. The van der Waals surface area contributed by atoms with E-state index in [1.807, 2.05) is 46.2 Å². The van der Waals surface area contributed by atoms with E-state index in [9.17, 15) is 14.8 Å². The van der Waals surface area contributed by atoms with Crippen molar-refractivity contribution in [2.24, 2.45) is 9.96 Å². The Morgan fingerprint density at radius 3 is 2.71 bits per heavy atom. The molecule has 3 aromatic carbocycles. The topological polar surface area (TPSA) is 84.5 Å². The lowest BCUT2D eigenvalue weighted by molar-refractivity contribution is 0.415.